The monoisotopic (exact) mass is 205 g/mol. The number of likely N-dealkylation sites (tertiary alicyclic amines) is 1. The fraction of sp³-hybridized carbons (Fsp3) is 0.538. The van der Waals surface area contributed by atoms with E-state index in [1.165, 1.54) is 19.4 Å². The lowest BCUT2D eigenvalue weighted by molar-refractivity contribution is 0.204. The van der Waals surface area contributed by atoms with Crippen molar-refractivity contribution in [2.45, 2.75) is 25.8 Å². The Morgan fingerprint density at radius 3 is 2.80 bits per heavy atom. The highest BCUT2D eigenvalue weighted by atomic mass is 16.5. The summed E-state index contributed by atoms with van der Waals surface area (Å²) < 4.78 is 5.67. The van der Waals surface area contributed by atoms with Crippen LogP contribution in [0, 0.1) is 0 Å². The molecule has 1 unspecified atom stereocenters. The summed E-state index contributed by atoms with van der Waals surface area (Å²) in [5.41, 5.74) is 0. The molecule has 82 valence electrons. The van der Waals surface area contributed by atoms with Gasteiger partial charge in [0, 0.05) is 12.6 Å². The number of nitrogens with zero attached hydrogens (tertiary/aromatic N) is 1. The minimum Gasteiger partial charge on any atom is -0.492 e. The standard InChI is InChI=1S/C13H19NO/c1-12-6-5-9-14(12)10-11-15-13-7-3-2-4-8-13/h2-4,7-8,12H,5-6,9-11H2,1H3. The van der Waals surface area contributed by atoms with Gasteiger partial charge in [0.15, 0.2) is 0 Å². The highest BCUT2D eigenvalue weighted by Crippen LogP contribution is 2.16. The van der Waals surface area contributed by atoms with Gasteiger partial charge >= 0.3 is 0 Å². The molecule has 0 N–H and O–H groups in total. The Bertz CT molecular complexity index is 286. The minimum absolute atomic E-state index is 0.740. The Kier molecular flexibility index (Phi) is 3.62. The third kappa shape index (κ3) is 2.96. The maximum atomic E-state index is 5.67. The first-order chi connectivity index (χ1) is 7.36. The van der Waals surface area contributed by atoms with E-state index in [9.17, 15) is 0 Å². The molecule has 15 heavy (non-hydrogen) atoms. The molecule has 1 atom stereocenters. The number of ether oxygens (including phenoxy) is 1. The zero-order valence-corrected chi connectivity index (χ0v) is 9.36. The maximum Gasteiger partial charge on any atom is 0.119 e. The molecule has 1 aliphatic rings. The highest BCUT2D eigenvalue weighted by Gasteiger charge is 2.19. The Balaban J connectivity index is 1.71. The van der Waals surface area contributed by atoms with Gasteiger partial charge < -0.3 is 4.74 Å². The van der Waals surface area contributed by atoms with E-state index in [-0.39, 0.29) is 0 Å². The van der Waals surface area contributed by atoms with Gasteiger partial charge in [0.2, 0.25) is 0 Å². The van der Waals surface area contributed by atoms with Gasteiger partial charge in [-0.3, -0.25) is 4.90 Å². The van der Waals surface area contributed by atoms with Crippen LogP contribution in [0.4, 0.5) is 0 Å². The number of rotatable bonds is 4. The van der Waals surface area contributed by atoms with Gasteiger partial charge in [0.1, 0.15) is 12.4 Å². The van der Waals surface area contributed by atoms with Crippen molar-refractivity contribution < 1.29 is 4.74 Å². The normalized spacial score (nSPS) is 21.8. The van der Waals surface area contributed by atoms with Crippen molar-refractivity contribution in [1.29, 1.82) is 0 Å². The second kappa shape index (κ2) is 5.17. The first-order valence-corrected chi connectivity index (χ1v) is 5.78. The van der Waals surface area contributed by atoms with Crippen LogP contribution in [0.15, 0.2) is 30.3 Å². The molecule has 0 aliphatic carbocycles. The fourth-order valence-electron chi connectivity index (χ4n) is 2.12. The summed E-state index contributed by atoms with van der Waals surface area (Å²) in [4.78, 5) is 2.50. The number of hydrogen-bond acceptors (Lipinski definition) is 2. The molecule has 2 heteroatoms. The molecule has 1 aromatic rings. The van der Waals surface area contributed by atoms with Crippen LogP contribution in [0.5, 0.6) is 5.75 Å². The second-order valence-electron chi connectivity index (χ2n) is 4.19. The summed E-state index contributed by atoms with van der Waals surface area (Å²) in [6, 6.07) is 10.8. The molecule has 1 saturated heterocycles. The van der Waals surface area contributed by atoms with Crippen LogP contribution in [0.3, 0.4) is 0 Å². The largest absolute Gasteiger partial charge is 0.492 e. The SMILES string of the molecule is CC1CCCN1CCOc1ccccc1. The summed E-state index contributed by atoms with van der Waals surface area (Å²) in [7, 11) is 0. The number of hydrogen-bond donors (Lipinski definition) is 0. The van der Waals surface area contributed by atoms with Crippen molar-refractivity contribution in [2.24, 2.45) is 0 Å². The Labute approximate surface area is 91.9 Å². The molecule has 0 spiro atoms. The summed E-state index contributed by atoms with van der Waals surface area (Å²) in [6.07, 6.45) is 2.68. The molecule has 1 fully saturated rings. The number of para-hydroxylation sites is 1. The molecule has 0 radical (unpaired) electrons. The third-order valence-corrected chi connectivity index (χ3v) is 3.08. The molecule has 1 aromatic carbocycles. The zero-order chi connectivity index (χ0) is 10.5. The van der Waals surface area contributed by atoms with E-state index in [0.717, 1.165) is 24.9 Å². The predicted molar refractivity (Wildman–Crippen MR) is 62.2 cm³/mol. The summed E-state index contributed by atoms with van der Waals surface area (Å²) in [6.45, 7) is 5.39. The van der Waals surface area contributed by atoms with Crippen molar-refractivity contribution in [3.05, 3.63) is 30.3 Å². The van der Waals surface area contributed by atoms with Crippen LogP contribution < -0.4 is 4.74 Å². The molecule has 0 bridgehead atoms. The van der Waals surface area contributed by atoms with Crippen LogP contribution in [-0.2, 0) is 0 Å². The van der Waals surface area contributed by atoms with Gasteiger partial charge in [0.25, 0.3) is 0 Å². The molecule has 2 rings (SSSR count). The fourth-order valence-corrected chi connectivity index (χ4v) is 2.12. The third-order valence-electron chi connectivity index (χ3n) is 3.08. The van der Waals surface area contributed by atoms with Gasteiger partial charge in [-0.2, -0.15) is 0 Å². The van der Waals surface area contributed by atoms with Gasteiger partial charge in [-0.1, -0.05) is 18.2 Å². The second-order valence-corrected chi connectivity index (χ2v) is 4.19. The zero-order valence-electron chi connectivity index (χ0n) is 9.36. The number of benzene rings is 1. The van der Waals surface area contributed by atoms with Crippen molar-refractivity contribution in [3.8, 4) is 5.75 Å². The van der Waals surface area contributed by atoms with E-state index >= 15 is 0 Å². The Morgan fingerprint density at radius 2 is 2.13 bits per heavy atom. The van der Waals surface area contributed by atoms with E-state index in [2.05, 4.69) is 11.8 Å². The van der Waals surface area contributed by atoms with E-state index < -0.39 is 0 Å². The molecule has 1 aliphatic heterocycles. The molecular weight excluding hydrogens is 186 g/mol. The van der Waals surface area contributed by atoms with Gasteiger partial charge in [0.05, 0.1) is 0 Å². The van der Waals surface area contributed by atoms with Crippen molar-refractivity contribution >= 4 is 0 Å². The summed E-state index contributed by atoms with van der Waals surface area (Å²) in [5.74, 6) is 0.976. The van der Waals surface area contributed by atoms with E-state index in [0.29, 0.717) is 0 Å². The average molecular weight is 205 g/mol. The van der Waals surface area contributed by atoms with Crippen LogP contribution >= 0.6 is 0 Å². The van der Waals surface area contributed by atoms with E-state index in [1.807, 2.05) is 30.3 Å². The quantitative estimate of drug-likeness (QED) is 0.749. The lowest BCUT2D eigenvalue weighted by atomic mass is 10.2. The van der Waals surface area contributed by atoms with Crippen LogP contribution in [0.25, 0.3) is 0 Å². The lowest BCUT2D eigenvalue weighted by Gasteiger charge is -2.20. The van der Waals surface area contributed by atoms with Crippen molar-refractivity contribution in [3.63, 3.8) is 0 Å². The Morgan fingerprint density at radius 1 is 1.33 bits per heavy atom. The van der Waals surface area contributed by atoms with E-state index in [1.54, 1.807) is 0 Å². The summed E-state index contributed by atoms with van der Waals surface area (Å²) in [5, 5.41) is 0. The molecule has 0 saturated carbocycles. The Hall–Kier alpha value is -1.02. The summed E-state index contributed by atoms with van der Waals surface area (Å²) >= 11 is 0. The molecule has 0 aromatic heterocycles. The van der Waals surface area contributed by atoms with Gasteiger partial charge in [-0.15, -0.1) is 0 Å². The van der Waals surface area contributed by atoms with Crippen molar-refractivity contribution in [2.75, 3.05) is 19.7 Å². The molecule has 2 nitrogen and oxygen atoms in total. The first kappa shape index (κ1) is 10.5. The maximum absolute atomic E-state index is 5.67. The van der Waals surface area contributed by atoms with Crippen LogP contribution in [0.2, 0.25) is 0 Å². The predicted octanol–water partition coefficient (Wildman–Crippen LogP) is 2.55. The van der Waals surface area contributed by atoms with Gasteiger partial charge in [-0.05, 0) is 38.4 Å². The minimum atomic E-state index is 0.740. The van der Waals surface area contributed by atoms with Crippen LogP contribution in [0.1, 0.15) is 19.8 Å². The van der Waals surface area contributed by atoms with Gasteiger partial charge in [-0.25, -0.2) is 0 Å². The smallest absolute Gasteiger partial charge is 0.119 e. The van der Waals surface area contributed by atoms with E-state index in [4.69, 9.17) is 4.74 Å². The topological polar surface area (TPSA) is 12.5 Å². The molecule has 1 heterocycles. The van der Waals surface area contributed by atoms with Crippen LogP contribution in [-0.4, -0.2) is 30.6 Å². The van der Waals surface area contributed by atoms with Crippen molar-refractivity contribution in [1.82, 2.24) is 4.90 Å². The highest BCUT2D eigenvalue weighted by molar-refractivity contribution is 5.20. The molecular formula is C13H19NO. The lowest BCUT2D eigenvalue weighted by Crippen LogP contribution is -2.31. The average Bonchev–Trinajstić information content (AvgIpc) is 2.66. The molecule has 0 amide bonds. The first-order valence-electron chi connectivity index (χ1n) is 5.78.